The first-order valence-electron chi connectivity index (χ1n) is 41.8. The number of phosphoric acid groups is 2. The quantitative estimate of drug-likeness (QED) is 0.0169. The number of esters is 4. The van der Waals surface area contributed by atoms with Gasteiger partial charge in [-0.15, -0.1) is 0 Å². The average Bonchev–Trinajstić information content (AvgIpc) is 0.902. The number of aliphatic hydroxyl groups excluding tert-OH is 1. The van der Waals surface area contributed by atoms with Crippen molar-refractivity contribution in [3.8, 4) is 0 Å². The molecule has 106 heavy (non-hydrogen) atoms. The van der Waals surface area contributed by atoms with Crippen molar-refractivity contribution in [3.63, 3.8) is 0 Å². The molecule has 19 heteroatoms. The Morgan fingerprint density at radius 3 is 0.774 bits per heavy atom. The first-order chi connectivity index (χ1) is 51.7. The molecule has 0 bridgehead atoms. The van der Waals surface area contributed by atoms with E-state index >= 15 is 0 Å². The van der Waals surface area contributed by atoms with Crippen LogP contribution in [0, 0.1) is 0 Å². The zero-order chi connectivity index (χ0) is 77.4. The monoisotopic (exact) mass is 1530 g/mol. The lowest BCUT2D eigenvalue weighted by atomic mass is 10.0. The zero-order valence-electron chi connectivity index (χ0n) is 66.8. The number of hydrogen-bond donors (Lipinski definition) is 3. The van der Waals surface area contributed by atoms with Crippen molar-refractivity contribution in [2.45, 2.75) is 367 Å². The smallest absolute Gasteiger partial charge is 0.462 e. The molecule has 0 saturated carbocycles. The molecule has 0 aliphatic rings. The molecule has 3 N–H and O–H groups in total. The van der Waals surface area contributed by atoms with E-state index in [1.807, 2.05) is 0 Å². The lowest BCUT2D eigenvalue weighted by molar-refractivity contribution is -0.161. The summed E-state index contributed by atoms with van der Waals surface area (Å²) in [5, 5.41) is 10.7. The van der Waals surface area contributed by atoms with Crippen molar-refractivity contribution in [3.05, 3.63) is 122 Å². The second-order valence-corrected chi connectivity index (χ2v) is 30.6. The number of rotatable bonds is 78. The molecule has 0 fully saturated rings. The van der Waals surface area contributed by atoms with Crippen molar-refractivity contribution in [2.24, 2.45) is 0 Å². The zero-order valence-corrected chi connectivity index (χ0v) is 68.6. The molecule has 5 atom stereocenters. The molecule has 0 aliphatic heterocycles. The number of carbonyl (C=O) groups is 4. The minimum atomic E-state index is -5.00. The number of hydrogen-bond acceptors (Lipinski definition) is 15. The van der Waals surface area contributed by atoms with E-state index in [2.05, 4.69) is 149 Å². The number of ether oxygens (including phenoxy) is 4. The van der Waals surface area contributed by atoms with Crippen LogP contribution in [0.1, 0.15) is 349 Å². The molecule has 0 spiro atoms. The highest BCUT2D eigenvalue weighted by atomic mass is 31.2. The summed E-state index contributed by atoms with van der Waals surface area (Å²) < 4.78 is 68.7. The van der Waals surface area contributed by atoms with E-state index in [0.717, 1.165) is 167 Å². The van der Waals surface area contributed by atoms with Gasteiger partial charge in [-0.2, -0.15) is 0 Å². The van der Waals surface area contributed by atoms with Crippen LogP contribution >= 0.6 is 15.6 Å². The standard InChI is InChI=1S/C87H150O17P2/c1-5-9-13-17-21-25-29-33-37-39-40-42-45-48-52-56-60-64-68-72-85(90)98-78-83(104-87(92)74-70-66-62-58-54-50-46-41-38-34-30-26-22-18-14-10-6-2)80-102-106(95,96)100-76-81(88)75-99-105(93,94)101-79-82(103-86(91)73-69-65-61-57-53-49-44-36-32-28-24-20-16-12-8-4)77-97-84(89)71-67-63-59-55-51-47-43-35-31-27-23-19-15-11-7-3/h9-10,13-14,21-22,25-26,33-35,37-38,40,42-43,46,48,50,52,81-83,88H,5-8,11-12,15-20,23-24,27-32,36,39,41,44-45,47,49,51,53-80H2,1-4H3,(H,93,94)(H,95,96)/b13-9-,14-10-,25-21-,26-22-,37-33-,38-34-,42-40-,43-35-,50-46-,52-48-. The summed E-state index contributed by atoms with van der Waals surface area (Å²) in [6.07, 6.45) is 87.3. The second kappa shape index (κ2) is 78.6. The largest absolute Gasteiger partial charge is 0.472 e. The Kier molecular flexibility index (Phi) is 75.2. The van der Waals surface area contributed by atoms with E-state index in [9.17, 15) is 43.2 Å². The van der Waals surface area contributed by atoms with Crippen LogP contribution in [0.4, 0.5) is 0 Å². The third-order valence-corrected chi connectivity index (χ3v) is 19.3. The molecule has 0 aromatic rings. The van der Waals surface area contributed by atoms with Gasteiger partial charge in [0.15, 0.2) is 12.2 Å². The van der Waals surface area contributed by atoms with Crippen LogP contribution in [0.2, 0.25) is 0 Å². The van der Waals surface area contributed by atoms with Crippen LogP contribution in [-0.4, -0.2) is 96.7 Å². The molecule has 0 aromatic heterocycles. The van der Waals surface area contributed by atoms with Gasteiger partial charge < -0.3 is 33.8 Å². The fourth-order valence-corrected chi connectivity index (χ4v) is 12.7. The fraction of sp³-hybridized carbons (Fsp3) is 0.724. The van der Waals surface area contributed by atoms with Crippen molar-refractivity contribution in [2.75, 3.05) is 39.6 Å². The van der Waals surface area contributed by atoms with Gasteiger partial charge in [0.1, 0.15) is 19.3 Å². The fourth-order valence-electron chi connectivity index (χ4n) is 11.1. The molecule has 0 aliphatic carbocycles. The molecule has 0 aromatic carbocycles. The second-order valence-electron chi connectivity index (χ2n) is 27.7. The van der Waals surface area contributed by atoms with Gasteiger partial charge in [-0.1, -0.05) is 310 Å². The van der Waals surface area contributed by atoms with Crippen LogP contribution in [-0.2, 0) is 65.4 Å². The van der Waals surface area contributed by atoms with E-state index in [1.165, 1.54) is 103 Å². The summed E-state index contributed by atoms with van der Waals surface area (Å²) in [4.78, 5) is 73.2. The number of unbranched alkanes of at least 4 members (excludes halogenated alkanes) is 32. The maximum Gasteiger partial charge on any atom is 0.472 e. The Hall–Kier alpha value is -4.54. The average molecular weight is 1530 g/mol. The molecule has 0 heterocycles. The third kappa shape index (κ3) is 77.6. The number of carbonyl (C=O) groups excluding carboxylic acids is 4. The summed E-state index contributed by atoms with van der Waals surface area (Å²) in [5.41, 5.74) is 0. The Morgan fingerprint density at radius 1 is 0.274 bits per heavy atom. The Balaban J connectivity index is 5.42. The highest BCUT2D eigenvalue weighted by Gasteiger charge is 2.30. The van der Waals surface area contributed by atoms with Crippen LogP contribution in [0.15, 0.2) is 122 Å². The maximum absolute atomic E-state index is 13.1. The number of phosphoric ester groups is 2. The Morgan fingerprint density at radius 2 is 0.491 bits per heavy atom. The molecule has 0 saturated heterocycles. The van der Waals surface area contributed by atoms with Gasteiger partial charge in [-0.25, -0.2) is 9.13 Å². The van der Waals surface area contributed by atoms with Crippen LogP contribution in [0.3, 0.4) is 0 Å². The SMILES string of the molecule is CC/C=C\C/C=C\C/C=C\C/C=C\C/C=C\CCCCCC(=O)OCC(COP(=O)(O)OCC(O)COP(=O)(O)OCC(COC(=O)CCCCCCC/C=C\CCCCCCCC)OC(=O)CCCCCCCCCCCCCCCCC)OC(=O)CCCCCC/C=C\C/C=C\C/C=C\C/C=C\CC. The highest BCUT2D eigenvalue weighted by molar-refractivity contribution is 7.47. The molecule has 17 nitrogen and oxygen atoms in total. The summed E-state index contributed by atoms with van der Waals surface area (Å²) >= 11 is 0. The van der Waals surface area contributed by atoms with E-state index < -0.39 is 97.5 Å². The maximum atomic E-state index is 13.1. The summed E-state index contributed by atoms with van der Waals surface area (Å²) in [7, 11) is -9.98. The van der Waals surface area contributed by atoms with Crippen LogP contribution < -0.4 is 0 Å². The molecule has 0 rings (SSSR count). The summed E-state index contributed by atoms with van der Waals surface area (Å²) in [5.74, 6) is -2.23. The van der Waals surface area contributed by atoms with E-state index in [0.29, 0.717) is 25.7 Å². The number of allylic oxidation sites excluding steroid dienone is 20. The minimum absolute atomic E-state index is 0.0569. The predicted molar refractivity (Wildman–Crippen MR) is 436 cm³/mol. The van der Waals surface area contributed by atoms with Gasteiger partial charge in [-0.3, -0.25) is 37.3 Å². The Labute approximate surface area is 644 Å². The van der Waals surface area contributed by atoms with Crippen molar-refractivity contribution < 1.29 is 80.2 Å². The minimum Gasteiger partial charge on any atom is -0.462 e. The molecular weight excluding hydrogens is 1380 g/mol. The predicted octanol–water partition coefficient (Wildman–Crippen LogP) is 24.7. The van der Waals surface area contributed by atoms with Crippen molar-refractivity contribution >= 4 is 39.5 Å². The lowest BCUT2D eigenvalue weighted by Gasteiger charge is -2.21. The van der Waals surface area contributed by atoms with E-state index in [4.69, 9.17) is 37.0 Å². The summed E-state index contributed by atoms with van der Waals surface area (Å²) in [6.45, 7) is 4.62. The highest BCUT2D eigenvalue weighted by Crippen LogP contribution is 2.45. The van der Waals surface area contributed by atoms with E-state index in [1.54, 1.807) is 0 Å². The van der Waals surface area contributed by atoms with Gasteiger partial charge >= 0.3 is 39.5 Å². The third-order valence-electron chi connectivity index (χ3n) is 17.4. The molecule has 0 amide bonds. The number of aliphatic hydroxyl groups is 1. The summed E-state index contributed by atoms with van der Waals surface area (Å²) in [6, 6.07) is 0. The molecule has 0 radical (unpaired) electrons. The first-order valence-corrected chi connectivity index (χ1v) is 44.8. The topological polar surface area (TPSA) is 237 Å². The lowest BCUT2D eigenvalue weighted by Crippen LogP contribution is -2.30. The van der Waals surface area contributed by atoms with Gasteiger partial charge in [0.25, 0.3) is 0 Å². The molecular formula is C87H150O17P2. The van der Waals surface area contributed by atoms with Gasteiger partial charge in [0.2, 0.25) is 0 Å². The van der Waals surface area contributed by atoms with Crippen LogP contribution in [0.5, 0.6) is 0 Å². The van der Waals surface area contributed by atoms with Crippen molar-refractivity contribution in [1.82, 2.24) is 0 Å². The Bertz CT molecular complexity index is 2480. The van der Waals surface area contributed by atoms with Gasteiger partial charge in [0.05, 0.1) is 26.4 Å². The van der Waals surface area contributed by atoms with E-state index in [-0.39, 0.29) is 25.7 Å². The molecule has 610 valence electrons. The first kappa shape index (κ1) is 101. The van der Waals surface area contributed by atoms with Gasteiger partial charge in [-0.05, 0) is 135 Å². The van der Waals surface area contributed by atoms with Crippen molar-refractivity contribution in [1.29, 1.82) is 0 Å². The van der Waals surface area contributed by atoms with Gasteiger partial charge in [0, 0.05) is 25.7 Å². The van der Waals surface area contributed by atoms with Crippen LogP contribution in [0.25, 0.3) is 0 Å². The normalized spacial score (nSPS) is 14.4. The molecule has 5 unspecified atom stereocenters.